The highest BCUT2D eigenvalue weighted by Crippen LogP contribution is 2.32. The zero-order valence-corrected chi connectivity index (χ0v) is 24.8. The standard InChI is InChI=1S/C30H42ClN3O4/c1-10-17-34(28(36)24(18(2)3)33-29(37)38-30(7,8)9)26(22-15-11-13-19(4)21(22)6)27(35)32-25-20(5)14-12-16-23(25)31/h11-16,18,24,26H,10,17H2,1-9H3,(H,32,35)(H,33,37). The molecule has 3 amide bonds. The number of alkyl carbamates (subject to hydrolysis) is 1. The fourth-order valence-electron chi connectivity index (χ4n) is 4.24. The number of nitrogens with one attached hydrogen (secondary N) is 2. The number of halogens is 1. The number of ether oxygens (including phenoxy) is 1. The van der Waals surface area contributed by atoms with Crippen molar-refractivity contribution in [3.05, 3.63) is 63.7 Å². The largest absolute Gasteiger partial charge is 0.444 e. The van der Waals surface area contributed by atoms with Crippen molar-refractivity contribution in [1.29, 1.82) is 0 Å². The molecule has 0 saturated carbocycles. The van der Waals surface area contributed by atoms with E-state index in [0.29, 0.717) is 29.2 Å². The van der Waals surface area contributed by atoms with Crippen LogP contribution < -0.4 is 10.6 Å². The SMILES string of the molecule is CCCN(C(=O)C(NC(=O)OC(C)(C)C)C(C)C)C(C(=O)Nc1c(C)cccc1Cl)c1cccc(C)c1C. The predicted molar refractivity (Wildman–Crippen MR) is 153 cm³/mol. The third-order valence-corrected chi connectivity index (χ3v) is 6.64. The molecule has 2 rings (SSSR count). The van der Waals surface area contributed by atoms with Crippen molar-refractivity contribution in [3.8, 4) is 0 Å². The molecule has 0 aromatic heterocycles. The van der Waals surface area contributed by atoms with E-state index in [1.165, 1.54) is 0 Å². The molecule has 0 saturated heterocycles. The average Bonchev–Trinajstić information content (AvgIpc) is 2.80. The highest BCUT2D eigenvalue weighted by Gasteiger charge is 2.38. The lowest BCUT2D eigenvalue weighted by molar-refractivity contribution is -0.141. The number of hydrogen-bond acceptors (Lipinski definition) is 4. The molecule has 38 heavy (non-hydrogen) atoms. The molecule has 8 heteroatoms. The number of anilines is 1. The van der Waals surface area contributed by atoms with Gasteiger partial charge in [-0.1, -0.05) is 62.7 Å². The Morgan fingerprint density at radius 3 is 2.16 bits per heavy atom. The molecular formula is C30H42ClN3O4. The van der Waals surface area contributed by atoms with Gasteiger partial charge in [-0.3, -0.25) is 9.59 Å². The number of nitrogens with zero attached hydrogens (tertiary/aromatic N) is 1. The molecule has 0 aliphatic carbocycles. The molecular weight excluding hydrogens is 502 g/mol. The van der Waals surface area contributed by atoms with Gasteiger partial charge in [0, 0.05) is 6.54 Å². The van der Waals surface area contributed by atoms with Gasteiger partial charge >= 0.3 is 6.09 Å². The Kier molecular flexibility index (Phi) is 10.8. The fourth-order valence-corrected chi connectivity index (χ4v) is 4.51. The second kappa shape index (κ2) is 13.1. The molecule has 7 nitrogen and oxygen atoms in total. The van der Waals surface area contributed by atoms with Gasteiger partial charge in [0.15, 0.2) is 0 Å². The van der Waals surface area contributed by atoms with E-state index in [1.54, 1.807) is 31.7 Å². The van der Waals surface area contributed by atoms with Crippen molar-refractivity contribution in [3.63, 3.8) is 0 Å². The second-order valence-corrected chi connectivity index (χ2v) is 11.4. The van der Waals surface area contributed by atoms with Crippen LogP contribution >= 0.6 is 11.6 Å². The van der Waals surface area contributed by atoms with Gasteiger partial charge in [0.2, 0.25) is 5.91 Å². The smallest absolute Gasteiger partial charge is 0.408 e. The van der Waals surface area contributed by atoms with Gasteiger partial charge in [-0.2, -0.15) is 0 Å². The van der Waals surface area contributed by atoms with Crippen LogP contribution in [0.1, 0.15) is 76.3 Å². The maximum atomic E-state index is 14.1. The average molecular weight is 544 g/mol. The Morgan fingerprint density at radius 1 is 1.00 bits per heavy atom. The predicted octanol–water partition coefficient (Wildman–Crippen LogP) is 6.73. The van der Waals surface area contributed by atoms with E-state index in [0.717, 1.165) is 16.7 Å². The molecule has 2 atom stereocenters. The minimum absolute atomic E-state index is 0.248. The number of aryl methyl sites for hydroxylation is 2. The number of rotatable bonds is 9. The van der Waals surface area contributed by atoms with Gasteiger partial charge < -0.3 is 20.3 Å². The van der Waals surface area contributed by atoms with Crippen LogP contribution in [0.4, 0.5) is 10.5 Å². The van der Waals surface area contributed by atoms with Crippen LogP contribution in [0, 0.1) is 26.7 Å². The fraction of sp³-hybridized carbons (Fsp3) is 0.500. The lowest BCUT2D eigenvalue weighted by Gasteiger charge is -2.36. The molecule has 0 aliphatic rings. The van der Waals surface area contributed by atoms with Crippen LogP contribution in [-0.2, 0) is 14.3 Å². The van der Waals surface area contributed by atoms with Crippen LogP contribution in [0.2, 0.25) is 5.02 Å². The van der Waals surface area contributed by atoms with Crippen molar-refractivity contribution in [2.45, 2.75) is 86.4 Å². The van der Waals surface area contributed by atoms with Gasteiger partial charge in [0.25, 0.3) is 5.91 Å². The van der Waals surface area contributed by atoms with Crippen LogP contribution in [0.15, 0.2) is 36.4 Å². The van der Waals surface area contributed by atoms with E-state index in [1.807, 2.05) is 71.9 Å². The third-order valence-electron chi connectivity index (χ3n) is 6.32. The van der Waals surface area contributed by atoms with E-state index in [-0.39, 0.29) is 17.7 Å². The van der Waals surface area contributed by atoms with Gasteiger partial charge in [-0.15, -0.1) is 0 Å². The number of carbonyl (C=O) groups excluding carboxylic acids is 3. The molecule has 2 unspecified atom stereocenters. The van der Waals surface area contributed by atoms with Crippen molar-refractivity contribution in [2.75, 3.05) is 11.9 Å². The summed E-state index contributed by atoms with van der Waals surface area (Å²) in [5.41, 5.74) is 3.24. The summed E-state index contributed by atoms with van der Waals surface area (Å²) in [4.78, 5) is 42.4. The van der Waals surface area contributed by atoms with E-state index in [4.69, 9.17) is 16.3 Å². The number of hydrogen-bond donors (Lipinski definition) is 2. The molecule has 0 radical (unpaired) electrons. The minimum Gasteiger partial charge on any atom is -0.444 e. The molecule has 2 N–H and O–H groups in total. The first-order valence-corrected chi connectivity index (χ1v) is 13.5. The van der Waals surface area contributed by atoms with Crippen LogP contribution in [-0.4, -0.2) is 41.0 Å². The molecule has 2 aromatic carbocycles. The molecule has 0 aliphatic heterocycles. The monoisotopic (exact) mass is 543 g/mol. The molecule has 0 heterocycles. The summed E-state index contributed by atoms with van der Waals surface area (Å²) in [6.07, 6.45) is -0.0663. The zero-order chi connectivity index (χ0) is 28.8. The quantitative estimate of drug-likeness (QED) is 0.367. The summed E-state index contributed by atoms with van der Waals surface area (Å²) >= 11 is 6.43. The van der Waals surface area contributed by atoms with Crippen molar-refractivity contribution < 1.29 is 19.1 Å². The maximum Gasteiger partial charge on any atom is 0.408 e. The number of benzene rings is 2. The highest BCUT2D eigenvalue weighted by atomic mass is 35.5. The highest BCUT2D eigenvalue weighted by molar-refractivity contribution is 6.34. The Labute approximate surface area is 232 Å². The van der Waals surface area contributed by atoms with Crippen molar-refractivity contribution in [2.24, 2.45) is 5.92 Å². The molecule has 0 fully saturated rings. The van der Waals surface area contributed by atoms with E-state index in [9.17, 15) is 14.4 Å². The van der Waals surface area contributed by atoms with E-state index in [2.05, 4.69) is 10.6 Å². The molecule has 2 aromatic rings. The topological polar surface area (TPSA) is 87.7 Å². The number of para-hydroxylation sites is 1. The van der Waals surface area contributed by atoms with Crippen LogP contribution in [0.25, 0.3) is 0 Å². The van der Waals surface area contributed by atoms with Crippen LogP contribution in [0.3, 0.4) is 0 Å². The first kappa shape index (κ1) is 31.2. The van der Waals surface area contributed by atoms with Crippen molar-refractivity contribution in [1.82, 2.24) is 10.2 Å². The summed E-state index contributed by atoms with van der Waals surface area (Å²) in [5, 5.41) is 6.14. The Balaban J connectivity index is 2.59. The van der Waals surface area contributed by atoms with Gasteiger partial charge in [0.05, 0.1) is 10.7 Å². The van der Waals surface area contributed by atoms with Crippen molar-refractivity contribution >= 4 is 35.2 Å². The van der Waals surface area contributed by atoms with Gasteiger partial charge in [0.1, 0.15) is 17.7 Å². The van der Waals surface area contributed by atoms with E-state index < -0.39 is 23.8 Å². The lowest BCUT2D eigenvalue weighted by atomic mass is 9.93. The molecule has 0 spiro atoms. The zero-order valence-electron chi connectivity index (χ0n) is 24.1. The lowest BCUT2D eigenvalue weighted by Crippen LogP contribution is -2.54. The second-order valence-electron chi connectivity index (χ2n) is 11.0. The maximum absolute atomic E-state index is 14.1. The summed E-state index contributed by atoms with van der Waals surface area (Å²) in [7, 11) is 0. The number of amides is 3. The van der Waals surface area contributed by atoms with Gasteiger partial charge in [-0.25, -0.2) is 4.79 Å². The molecule has 208 valence electrons. The number of carbonyl (C=O) groups is 3. The van der Waals surface area contributed by atoms with Gasteiger partial charge in [-0.05, 0) is 82.2 Å². The summed E-state index contributed by atoms with van der Waals surface area (Å²) in [6.45, 7) is 17.0. The Bertz CT molecular complexity index is 1140. The summed E-state index contributed by atoms with van der Waals surface area (Å²) in [6, 6.07) is 9.28. The first-order chi connectivity index (χ1) is 17.7. The van der Waals surface area contributed by atoms with Crippen LogP contribution in [0.5, 0.6) is 0 Å². The third kappa shape index (κ3) is 7.97. The normalized spacial score (nSPS) is 13.0. The molecule has 0 bridgehead atoms. The summed E-state index contributed by atoms with van der Waals surface area (Å²) < 4.78 is 5.43. The minimum atomic E-state index is -0.945. The Hall–Kier alpha value is -3.06. The Morgan fingerprint density at radius 2 is 1.61 bits per heavy atom. The summed E-state index contributed by atoms with van der Waals surface area (Å²) in [5.74, 6) is -0.983. The van der Waals surface area contributed by atoms with E-state index >= 15 is 0 Å². The first-order valence-electron chi connectivity index (χ1n) is 13.1.